The van der Waals surface area contributed by atoms with Crippen LogP contribution >= 0.6 is 23.2 Å². The van der Waals surface area contributed by atoms with Crippen LogP contribution in [-0.4, -0.2) is 49.1 Å². The Morgan fingerprint density at radius 1 is 1.14 bits per heavy atom. The molecule has 7 heteroatoms. The fraction of sp³-hybridized carbons (Fsp3) is 0.455. The average Bonchev–Trinajstić information content (AvgIpc) is 2.70. The van der Waals surface area contributed by atoms with E-state index in [0.29, 0.717) is 16.0 Å². The normalized spacial score (nSPS) is 18.5. The quantitative estimate of drug-likeness (QED) is 0.654. The second kappa shape index (κ2) is 8.90. The number of nitrogens with zero attached hydrogens (tertiary/aromatic N) is 3. The summed E-state index contributed by atoms with van der Waals surface area (Å²) in [5.74, 6) is 0.402. The number of ether oxygens (including phenoxy) is 1. The van der Waals surface area contributed by atoms with Crippen LogP contribution in [0.4, 0.5) is 5.69 Å². The molecule has 0 radical (unpaired) electrons. The molecule has 0 N–H and O–H groups in total. The van der Waals surface area contributed by atoms with Crippen LogP contribution in [-0.2, 0) is 16.1 Å². The van der Waals surface area contributed by atoms with Gasteiger partial charge in [-0.3, -0.25) is 14.7 Å². The van der Waals surface area contributed by atoms with Crippen molar-refractivity contribution in [2.75, 3.05) is 38.2 Å². The Labute approximate surface area is 181 Å². The highest BCUT2D eigenvalue weighted by molar-refractivity contribution is 6.39. The number of hydrogen-bond donors (Lipinski definition) is 0. The Balaban J connectivity index is 1.29. The van der Waals surface area contributed by atoms with Gasteiger partial charge < -0.3 is 9.64 Å². The summed E-state index contributed by atoms with van der Waals surface area (Å²) < 4.78 is 4.86. The average molecular weight is 434 g/mol. The van der Waals surface area contributed by atoms with Gasteiger partial charge in [0.1, 0.15) is 0 Å². The van der Waals surface area contributed by atoms with Crippen molar-refractivity contribution < 1.29 is 9.53 Å². The number of carbonyl (C=O) groups is 1. The molecule has 0 amide bonds. The van der Waals surface area contributed by atoms with Crippen molar-refractivity contribution in [1.29, 1.82) is 0 Å². The summed E-state index contributed by atoms with van der Waals surface area (Å²) in [6, 6.07) is 9.92. The maximum absolute atomic E-state index is 11.6. The van der Waals surface area contributed by atoms with Crippen LogP contribution in [0.3, 0.4) is 0 Å². The lowest BCUT2D eigenvalue weighted by Crippen LogP contribution is -2.45. The summed E-state index contributed by atoms with van der Waals surface area (Å²) in [4.78, 5) is 20.9. The first-order chi connectivity index (χ1) is 14.0. The lowest BCUT2D eigenvalue weighted by atomic mass is 9.92. The lowest BCUT2D eigenvalue weighted by molar-refractivity contribution is -0.147. The van der Waals surface area contributed by atoms with Gasteiger partial charge in [-0.05, 0) is 49.7 Å². The summed E-state index contributed by atoms with van der Waals surface area (Å²) in [5.41, 5.74) is 3.24. The van der Waals surface area contributed by atoms with Crippen molar-refractivity contribution in [2.24, 2.45) is 5.92 Å². The van der Waals surface area contributed by atoms with E-state index in [1.165, 1.54) is 12.7 Å². The van der Waals surface area contributed by atoms with E-state index in [9.17, 15) is 4.79 Å². The standard InChI is InChI=1S/C22H25Cl2N3O2/c1-29-22(28)15-7-9-26(10-8-15)14-18-6-5-16(11-25-18)17-12-27(13-17)21-19(23)3-2-4-20(21)24/h2-6,11,15,17H,7-10,12-14H2,1H3. The van der Waals surface area contributed by atoms with Crippen molar-refractivity contribution >= 4 is 34.9 Å². The number of carbonyl (C=O) groups excluding carboxylic acids is 1. The minimum atomic E-state index is -0.0836. The third kappa shape index (κ3) is 4.52. The van der Waals surface area contributed by atoms with Gasteiger partial charge in [0.15, 0.2) is 0 Å². The maximum atomic E-state index is 11.6. The van der Waals surface area contributed by atoms with E-state index in [2.05, 4.69) is 26.9 Å². The number of pyridine rings is 1. The summed E-state index contributed by atoms with van der Waals surface area (Å²) in [6.07, 6.45) is 3.70. The topological polar surface area (TPSA) is 45.7 Å². The van der Waals surface area contributed by atoms with Crippen LogP contribution in [0.1, 0.15) is 30.0 Å². The Bertz CT molecular complexity index is 841. The second-order valence-electron chi connectivity index (χ2n) is 7.83. The molecule has 0 unspecified atom stereocenters. The summed E-state index contributed by atoms with van der Waals surface area (Å²) in [6.45, 7) is 4.41. The Kier molecular flexibility index (Phi) is 6.28. The molecule has 1 aromatic heterocycles. The zero-order chi connectivity index (χ0) is 20.4. The molecule has 2 saturated heterocycles. The van der Waals surface area contributed by atoms with Gasteiger partial charge in [-0.25, -0.2) is 0 Å². The van der Waals surface area contributed by atoms with Crippen molar-refractivity contribution in [3.05, 3.63) is 57.8 Å². The van der Waals surface area contributed by atoms with E-state index in [0.717, 1.165) is 56.9 Å². The number of methoxy groups -OCH3 is 1. The molecular weight excluding hydrogens is 409 g/mol. The molecule has 4 rings (SSSR count). The van der Waals surface area contributed by atoms with Gasteiger partial charge in [-0.2, -0.15) is 0 Å². The minimum Gasteiger partial charge on any atom is -0.469 e. The number of anilines is 1. The zero-order valence-electron chi connectivity index (χ0n) is 16.5. The number of aromatic nitrogens is 1. The lowest BCUT2D eigenvalue weighted by Gasteiger charge is -2.42. The van der Waals surface area contributed by atoms with Crippen molar-refractivity contribution in [3.63, 3.8) is 0 Å². The number of benzene rings is 1. The molecular formula is C22H25Cl2N3O2. The SMILES string of the molecule is COC(=O)C1CCN(Cc2ccc(C3CN(c4c(Cl)cccc4Cl)C3)cn2)CC1. The Hall–Kier alpha value is -1.82. The number of rotatable bonds is 5. The van der Waals surface area contributed by atoms with Crippen LogP contribution in [0.2, 0.25) is 10.0 Å². The number of para-hydroxylation sites is 1. The summed E-state index contributed by atoms with van der Waals surface area (Å²) in [7, 11) is 1.46. The van der Waals surface area contributed by atoms with E-state index in [-0.39, 0.29) is 11.9 Å². The highest BCUT2D eigenvalue weighted by Gasteiger charge is 2.31. The van der Waals surface area contributed by atoms with Gasteiger partial charge >= 0.3 is 5.97 Å². The fourth-order valence-corrected chi connectivity index (χ4v) is 4.79. The predicted octanol–water partition coefficient (Wildman–Crippen LogP) is 4.38. The molecule has 0 bridgehead atoms. The first-order valence-electron chi connectivity index (χ1n) is 9.99. The van der Waals surface area contributed by atoms with Crippen molar-refractivity contribution in [2.45, 2.75) is 25.3 Å². The molecule has 29 heavy (non-hydrogen) atoms. The molecule has 1 aromatic carbocycles. The van der Waals surface area contributed by atoms with E-state index < -0.39 is 0 Å². The number of esters is 1. The minimum absolute atomic E-state index is 0.0415. The monoisotopic (exact) mass is 433 g/mol. The van der Waals surface area contributed by atoms with Gasteiger partial charge in [0.2, 0.25) is 0 Å². The first kappa shape index (κ1) is 20.5. The van der Waals surface area contributed by atoms with Crippen LogP contribution in [0.15, 0.2) is 36.5 Å². The van der Waals surface area contributed by atoms with Crippen LogP contribution < -0.4 is 4.90 Å². The van der Waals surface area contributed by atoms with Crippen molar-refractivity contribution in [1.82, 2.24) is 9.88 Å². The van der Waals surface area contributed by atoms with Crippen molar-refractivity contribution in [3.8, 4) is 0 Å². The number of piperidine rings is 1. The molecule has 2 aliphatic heterocycles. The molecule has 2 aromatic rings. The van der Waals surface area contributed by atoms with Crippen LogP contribution in [0.25, 0.3) is 0 Å². The van der Waals surface area contributed by atoms with Gasteiger partial charge in [0.25, 0.3) is 0 Å². The highest BCUT2D eigenvalue weighted by Crippen LogP contribution is 2.39. The second-order valence-corrected chi connectivity index (χ2v) is 8.64. The maximum Gasteiger partial charge on any atom is 0.308 e. The highest BCUT2D eigenvalue weighted by atomic mass is 35.5. The third-order valence-electron chi connectivity index (χ3n) is 5.96. The first-order valence-corrected chi connectivity index (χ1v) is 10.7. The Morgan fingerprint density at radius 2 is 1.83 bits per heavy atom. The molecule has 3 heterocycles. The van der Waals surface area contributed by atoms with Crippen LogP contribution in [0.5, 0.6) is 0 Å². The number of hydrogen-bond acceptors (Lipinski definition) is 5. The number of halogens is 2. The van der Waals surface area contributed by atoms with Gasteiger partial charge in [-0.15, -0.1) is 0 Å². The molecule has 0 aliphatic carbocycles. The van der Waals surface area contributed by atoms with E-state index in [4.69, 9.17) is 27.9 Å². The molecule has 0 saturated carbocycles. The van der Waals surface area contributed by atoms with E-state index >= 15 is 0 Å². The summed E-state index contributed by atoms with van der Waals surface area (Å²) in [5, 5.41) is 1.39. The molecule has 2 aliphatic rings. The largest absolute Gasteiger partial charge is 0.469 e. The van der Waals surface area contributed by atoms with Gasteiger partial charge in [-0.1, -0.05) is 35.3 Å². The third-order valence-corrected chi connectivity index (χ3v) is 6.57. The summed E-state index contributed by atoms with van der Waals surface area (Å²) >= 11 is 12.6. The molecule has 0 atom stereocenters. The van der Waals surface area contributed by atoms with Crippen LogP contribution in [0, 0.1) is 5.92 Å². The van der Waals surface area contributed by atoms with E-state index in [1.54, 1.807) is 0 Å². The molecule has 154 valence electrons. The predicted molar refractivity (Wildman–Crippen MR) is 116 cm³/mol. The number of likely N-dealkylation sites (tertiary alicyclic amines) is 1. The molecule has 0 spiro atoms. The fourth-order valence-electron chi connectivity index (χ4n) is 4.16. The van der Waals surface area contributed by atoms with Gasteiger partial charge in [0, 0.05) is 31.7 Å². The zero-order valence-corrected chi connectivity index (χ0v) is 18.0. The Morgan fingerprint density at radius 3 is 2.41 bits per heavy atom. The molecule has 5 nitrogen and oxygen atoms in total. The smallest absolute Gasteiger partial charge is 0.308 e. The van der Waals surface area contributed by atoms with E-state index in [1.807, 2.05) is 24.4 Å². The molecule has 2 fully saturated rings. The van der Waals surface area contributed by atoms with Gasteiger partial charge in [0.05, 0.1) is 34.5 Å².